The average Bonchev–Trinajstić information content (AvgIpc) is 3.17. The second-order valence-corrected chi connectivity index (χ2v) is 6.83. The van der Waals surface area contributed by atoms with E-state index in [1.54, 1.807) is 0 Å². The Morgan fingerprint density at radius 1 is 1.36 bits per heavy atom. The van der Waals surface area contributed by atoms with Crippen LogP contribution in [0.15, 0.2) is 34.7 Å². The molecule has 1 aromatic carbocycles. The monoisotopic (exact) mass is 339 g/mol. The molecule has 0 spiro atoms. The molecule has 2 saturated heterocycles. The number of likely N-dealkylation sites (tertiary alicyclic amines) is 1. The standard InChI is InChI=1S/C19H21N3O3/c1-12-15(21-19(25-12)13-5-3-2-4-6-13)10-18(24)22-8-7-14-9-17(23)20-16(14)11-22/h2-6,14,16H,7-11H2,1H3,(H,20,23)/t14-,16-/m1/s1. The van der Waals surface area contributed by atoms with Gasteiger partial charge in [0.1, 0.15) is 5.76 Å². The van der Waals surface area contributed by atoms with Crippen LogP contribution in [-0.4, -0.2) is 40.8 Å². The Balaban J connectivity index is 1.45. The molecule has 2 aromatic rings. The lowest BCUT2D eigenvalue weighted by molar-refractivity contribution is -0.132. The van der Waals surface area contributed by atoms with E-state index in [2.05, 4.69) is 10.3 Å². The van der Waals surface area contributed by atoms with Crippen LogP contribution in [0.2, 0.25) is 0 Å². The molecule has 130 valence electrons. The zero-order valence-electron chi connectivity index (χ0n) is 14.2. The van der Waals surface area contributed by atoms with Crippen molar-refractivity contribution in [2.75, 3.05) is 13.1 Å². The lowest BCUT2D eigenvalue weighted by atomic mass is 9.92. The molecule has 4 rings (SSSR count). The van der Waals surface area contributed by atoms with Gasteiger partial charge in [0.15, 0.2) is 0 Å². The summed E-state index contributed by atoms with van der Waals surface area (Å²) in [6.45, 7) is 3.14. The van der Waals surface area contributed by atoms with Crippen LogP contribution in [0.25, 0.3) is 11.5 Å². The molecule has 3 heterocycles. The third-order valence-corrected chi connectivity index (χ3v) is 5.13. The molecule has 2 amide bonds. The molecule has 25 heavy (non-hydrogen) atoms. The molecule has 2 aliphatic rings. The highest BCUT2D eigenvalue weighted by molar-refractivity contribution is 5.81. The second-order valence-electron chi connectivity index (χ2n) is 6.83. The normalized spacial score (nSPS) is 22.6. The van der Waals surface area contributed by atoms with Crippen molar-refractivity contribution in [3.05, 3.63) is 41.8 Å². The fraction of sp³-hybridized carbons (Fsp3) is 0.421. The Morgan fingerprint density at radius 3 is 2.96 bits per heavy atom. The van der Waals surface area contributed by atoms with E-state index in [1.807, 2.05) is 42.2 Å². The Bertz CT molecular complexity index is 800. The first kappa shape index (κ1) is 15.9. The topological polar surface area (TPSA) is 75.4 Å². The summed E-state index contributed by atoms with van der Waals surface area (Å²) in [6, 6.07) is 9.77. The Kier molecular flexibility index (Phi) is 4.03. The third-order valence-electron chi connectivity index (χ3n) is 5.13. The van der Waals surface area contributed by atoms with E-state index in [1.165, 1.54) is 0 Å². The summed E-state index contributed by atoms with van der Waals surface area (Å²) in [6.07, 6.45) is 1.70. The maximum absolute atomic E-state index is 12.7. The summed E-state index contributed by atoms with van der Waals surface area (Å²) in [7, 11) is 0. The van der Waals surface area contributed by atoms with Crippen LogP contribution in [0.3, 0.4) is 0 Å². The number of nitrogens with zero attached hydrogens (tertiary/aromatic N) is 2. The fourth-order valence-corrected chi connectivity index (χ4v) is 3.69. The number of fused-ring (bicyclic) bond motifs is 1. The van der Waals surface area contributed by atoms with Gasteiger partial charge < -0.3 is 14.6 Å². The van der Waals surface area contributed by atoms with Gasteiger partial charge in [-0.05, 0) is 31.4 Å². The number of hydrogen-bond acceptors (Lipinski definition) is 4. The minimum atomic E-state index is 0.0376. The van der Waals surface area contributed by atoms with Gasteiger partial charge in [0.05, 0.1) is 12.1 Å². The SMILES string of the molecule is Cc1oc(-c2ccccc2)nc1CC(=O)N1CC[C@@H]2CC(=O)N[C@@H]2C1. The van der Waals surface area contributed by atoms with Gasteiger partial charge in [0.25, 0.3) is 0 Å². The highest BCUT2D eigenvalue weighted by Crippen LogP contribution is 2.27. The van der Waals surface area contributed by atoms with Crippen LogP contribution in [0.4, 0.5) is 0 Å². The molecule has 0 bridgehead atoms. The molecule has 1 N–H and O–H groups in total. The Hall–Kier alpha value is -2.63. The van der Waals surface area contributed by atoms with Crippen molar-refractivity contribution in [2.24, 2.45) is 5.92 Å². The minimum absolute atomic E-state index is 0.0376. The van der Waals surface area contributed by atoms with Gasteiger partial charge in [0.2, 0.25) is 17.7 Å². The predicted molar refractivity (Wildman–Crippen MR) is 91.6 cm³/mol. The number of nitrogens with one attached hydrogen (secondary N) is 1. The van der Waals surface area contributed by atoms with Crippen molar-refractivity contribution < 1.29 is 14.0 Å². The van der Waals surface area contributed by atoms with Crippen LogP contribution in [-0.2, 0) is 16.0 Å². The van der Waals surface area contributed by atoms with E-state index in [4.69, 9.17) is 4.42 Å². The lowest BCUT2D eigenvalue weighted by Gasteiger charge is -2.34. The number of oxazole rings is 1. The van der Waals surface area contributed by atoms with E-state index < -0.39 is 0 Å². The molecule has 1 aromatic heterocycles. The minimum Gasteiger partial charge on any atom is -0.441 e. The van der Waals surface area contributed by atoms with Crippen molar-refractivity contribution in [1.29, 1.82) is 0 Å². The Labute approximate surface area is 146 Å². The van der Waals surface area contributed by atoms with Crippen molar-refractivity contribution in [1.82, 2.24) is 15.2 Å². The molecule has 2 aliphatic heterocycles. The second kappa shape index (κ2) is 6.35. The van der Waals surface area contributed by atoms with Crippen molar-refractivity contribution in [2.45, 2.75) is 32.2 Å². The molecular weight excluding hydrogens is 318 g/mol. The molecule has 0 aliphatic carbocycles. The molecule has 2 fully saturated rings. The van der Waals surface area contributed by atoms with Crippen LogP contribution < -0.4 is 5.32 Å². The number of aryl methyl sites for hydroxylation is 1. The summed E-state index contributed by atoms with van der Waals surface area (Å²) in [5.74, 6) is 1.73. The van der Waals surface area contributed by atoms with Crippen LogP contribution in [0.1, 0.15) is 24.3 Å². The van der Waals surface area contributed by atoms with Gasteiger partial charge in [-0.3, -0.25) is 9.59 Å². The molecular formula is C19H21N3O3. The van der Waals surface area contributed by atoms with Gasteiger partial charge in [-0.15, -0.1) is 0 Å². The first-order chi connectivity index (χ1) is 12.1. The quantitative estimate of drug-likeness (QED) is 0.927. The van der Waals surface area contributed by atoms with E-state index in [-0.39, 0.29) is 24.3 Å². The summed E-state index contributed by atoms with van der Waals surface area (Å²) in [5.41, 5.74) is 1.58. The van der Waals surface area contributed by atoms with Gasteiger partial charge in [0, 0.05) is 31.1 Å². The zero-order valence-corrected chi connectivity index (χ0v) is 14.2. The third kappa shape index (κ3) is 3.16. The highest BCUT2D eigenvalue weighted by atomic mass is 16.4. The van der Waals surface area contributed by atoms with E-state index in [0.29, 0.717) is 42.8 Å². The smallest absolute Gasteiger partial charge is 0.228 e. The van der Waals surface area contributed by atoms with E-state index in [9.17, 15) is 9.59 Å². The van der Waals surface area contributed by atoms with E-state index in [0.717, 1.165) is 12.0 Å². The number of carbonyl (C=O) groups excluding carboxylic acids is 2. The summed E-state index contributed by atoms with van der Waals surface area (Å²) >= 11 is 0. The van der Waals surface area contributed by atoms with Gasteiger partial charge in [-0.2, -0.15) is 0 Å². The first-order valence-electron chi connectivity index (χ1n) is 8.69. The molecule has 0 radical (unpaired) electrons. The first-order valence-corrected chi connectivity index (χ1v) is 8.69. The molecule has 2 atom stereocenters. The summed E-state index contributed by atoms with van der Waals surface area (Å²) < 4.78 is 5.73. The molecule has 0 unspecified atom stereocenters. The van der Waals surface area contributed by atoms with Crippen LogP contribution in [0, 0.1) is 12.8 Å². The average molecular weight is 339 g/mol. The maximum Gasteiger partial charge on any atom is 0.228 e. The van der Waals surface area contributed by atoms with Crippen LogP contribution >= 0.6 is 0 Å². The van der Waals surface area contributed by atoms with E-state index >= 15 is 0 Å². The van der Waals surface area contributed by atoms with Crippen molar-refractivity contribution >= 4 is 11.8 Å². The number of piperidine rings is 1. The number of rotatable bonds is 3. The number of benzene rings is 1. The van der Waals surface area contributed by atoms with Crippen molar-refractivity contribution in [3.63, 3.8) is 0 Å². The van der Waals surface area contributed by atoms with Gasteiger partial charge in [-0.25, -0.2) is 4.98 Å². The van der Waals surface area contributed by atoms with Crippen LogP contribution in [0.5, 0.6) is 0 Å². The predicted octanol–water partition coefficient (Wildman–Crippen LogP) is 1.93. The molecule has 6 heteroatoms. The fourth-order valence-electron chi connectivity index (χ4n) is 3.69. The largest absolute Gasteiger partial charge is 0.441 e. The summed E-state index contributed by atoms with van der Waals surface area (Å²) in [5, 5.41) is 2.97. The number of amides is 2. The Morgan fingerprint density at radius 2 is 2.16 bits per heavy atom. The summed E-state index contributed by atoms with van der Waals surface area (Å²) in [4.78, 5) is 30.5. The lowest BCUT2D eigenvalue weighted by Crippen LogP contribution is -2.49. The maximum atomic E-state index is 12.7. The van der Waals surface area contributed by atoms with Crippen molar-refractivity contribution in [3.8, 4) is 11.5 Å². The zero-order chi connectivity index (χ0) is 17.4. The number of carbonyl (C=O) groups is 2. The molecule has 6 nitrogen and oxygen atoms in total. The number of hydrogen-bond donors (Lipinski definition) is 1. The molecule has 0 saturated carbocycles. The highest BCUT2D eigenvalue weighted by Gasteiger charge is 2.38. The number of aromatic nitrogens is 1. The van der Waals surface area contributed by atoms with Gasteiger partial charge >= 0.3 is 0 Å². The van der Waals surface area contributed by atoms with Gasteiger partial charge in [-0.1, -0.05) is 18.2 Å².